The molecule has 19 heavy (non-hydrogen) atoms. The molecule has 1 unspecified atom stereocenters. The fraction of sp³-hybridized carbons (Fsp3) is 0.533. The van der Waals surface area contributed by atoms with Crippen LogP contribution in [0.2, 0.25) is 0 Å². The van der Waals surface area contributed by atoms with Gasteiger partial charge in [0.2, 0.25) is 0 Å². The number of benzene rings is 1. The Labute approximate surface area is 114 Å². The SMILES string of the molecule is CCCc1ccc(N(C)CC(O)CCC(=O)O)cc1. The van der Waals surface area contributed by atoms with Crippen LogP contribution in [0.5, 0.6) is 0 Å². The number of hydrogen-bond donors (Lipinski definition) is 2. The van der Waals surface area contributed by atoms with Gasteiger partial charge in [0, 0.05) is 25.7 Å². The van der Waals surface area contributed by atoms with E-state index in [0.717, 1.165) is 18.5 Å². The fourth-order valence-electron chi connectivity index (χ4n) is 2.01. The maximum Gasteiger partial charge on any atom is 0.303 e. The molecule has 0 saturated heterocycles. The molecule has 106 valence electrons. The highest BCUT2D eigenvalue weighted by Crippen LogP contribution is 2.15. The Morgan fingerprint density at radius 2 is 1.95 bits per heavy atom. The number of aliphatic carboxylic acids is 1. The van der Waals surface area contributed by atoms with Crippen LogP contribution in [0.4, 0.5) is 5.69 Å². The molecule has 0 bridgehead atoms. The number of carboxylic acid groups (broad SMARTS) is 1. The fourth-order valence-corrected chi connectivity index (χ4v) is 2.01. The number of carboxylic acids is 1. The molecule has 0 fully saturated rings. The predicted octanol–water partition coefficient (Wildman–Crippen LogP) is 2.30. The number of aryl methyl sites for hydroxylation is 1. The van der Waals surface area contributed by atoms with Crippen LogP contribution in [0.25, 0.3) is 0 Å². The Bertz CT molecular complexity index is 389. The second-order valence-corrected chi connectivity index (χ2v) is 4.88. The van der Waals surface area contributed by atoms with Gasteiger partial charge in [-0.15, -0.1) is 0 Å². The summed E-state index contributed by atoms with van der Waals surface area (Å²) in [4.78, 5) is 12.4. The summed E-state index contributed by atoms with van der Waals surface area (Å²) >= 11 is 0. The van der Waals surface area contributed by atoms with Gasteiger partial charge in [0.25, 0.3) is 0 Å². The van der Waals surface area contributed by atoms with Gasteiger partial charge >= 0.3 is 5.97 Å². The van der Waals surface area contributed by atoms with E-state index in [1.165, 1.54) is 5.56 Å². The van der Waals surface area contributed by atoms with Crippen molar-refractivity contribution in [2.24, 2.45) is 0 Å². The maximum atomic E-state index is 10.4. The van der Waals surface area contributed by atoms with E-state index in [1.54, 1.807) is 0 Å². The van der Waals surface area contributed by atoms with Crippen molar-refractivity contribution >= 4 is 11.7 Å². The Hall–Kier alpha value is -1.55. The zero-order chi connectivity index (χ0) is 14.3. The smallest absolute Gasteiger partial charge is 0.303 e. The molecule has 0 heterocycles. The predicted molar refractivity (Wildman–Crippen MR) is 76.6 cm³/mol. The van der Waals surface area contributed by atoms with E-state index in [-0.39, 0.29) is 12.8 Å². The van der Waals surface area contributed by atoms with Gasteiger partial charge in [-0.25, -0.2) is 0 Å². The van der Waals surface area contributed by atoms with Crippen molar-refractivity contribution in [3.05, 3.63) is 29.8 Å². The molecular weight excluding hydrogens is 242 g/mol. The van der Waals surface area contributed by atoms with Gasteiger partial charge in [-0.3, -0.25) is 4.79 Å². The van der Waals surface area contributed by atoms with E-state index in [0.29, 0.717) is 6.54 Å². The van der Waals surface area contributed by atoms with Crippen LogP contribution in [-0.4, -0.2) is 35.9 Å². The van der Waals surface area contributed by atoms with Gasteiger partial charge in [0.1, 0.15) is 0 Å². The first kappa shape index (κ1) is 15.5. The molecule has 0 aliphatic carbocycles. The van der Waals surface area contributed by atoms with Gasteiger partial charge in [-0.05, 0) is 30.5 Å². The average molecular weight is 265 g/mol. The Kier molecular flexibility index (Phi) is 6.36. The summed E-state index contributed by atoms with van der Waals surface area (Å²) < 4.78 is 0. The third kappa shape index (κ3) is 5.75. The van der Waals surface area contributed by atoms with Crippen molar-refractivity contribution in [3.8, 4) is 0 Å². The number of hydrogen-bond acceptors (Lipinski definition) is 3. The number of carbonyl (C=O) groups is 1. The van der Waals surface area contributed by atoms with Gasteiger partial charge < -0.3 is 15.1 Å². The Morgan fingerprint density at radius 3 is 2.47 bits per heavy atom. The van der Waals surface area contributed by atoms with E-state index in [9.17, 15) is 9.90 Å². The minimum absolute atomic E-state index is 0.00441. The summed E-state index contributed by atoms with van der Waals surface area (Å²) in [5.74, 6) is -0.870. The lowest BCUT2D eigenvalue weighted by atomic mass is 10.1. The molecule has 1 aromatic rings. The first-order valence-electron chi connectivity index (χ1n) is 6.73. The first-order chi connectivity index (χ1) is 9.02. The quantitative estimate of drug-likeness (QED) is 0.757. The zero-order valence-corrected chi connectivity index (χ0v) is 11.7. The van der Waals surface area contributed by atoms with Gasteiger partial charge in [-0.2, -0.15) is 0 Å². The van der Waals surface area contributed by atoms with E-state index in [4.69, 9.17) is 5.11 Å². The second kappa shape index (κ2) is 7.79. The molecule has 0 saturated carbocycles. The highest BCUT2D eigenvalue weighted by molar-refractivity contribution is 5.66. The molecule has 2 N–H and O–H groups in total. The van der Waals surface area contributed by atoms with Gasteiger partial charge in [0.05, 0.1) is 6.10 Å². The molecule has 0 aliphatic heterocycles. The first-order valence-corrected chi connectivity index (χ1v) is 6.73. The van der Waals surface area contributed by atoms with E-state index >= 15 is 0 Å². The standard InChI is InChI=1S/C15H23NO3/c1-3-4-12-5-7-13(8-6-12)16(2)11-14(17)9-10-15(18)19/h5-8,14,17H,3-4,9-11H2,1-2H3,(H,18,19). The minimum atomic E-state index is -0.870. The largest absolute Gasteiger partial charge is 0.481 e. The van der Waals surface area contributed by atoms with E-state index in [1.807, 2.05) is 24.1 Å². The Balaban J connectivity index is 2.47. The van der Waals surface area contributed by atoms with Crippen molar-refractivity contribution in [2.45, 2.75) is 38.7 Å². The molecule has 0 spiro atoms. The number of likely N-dealkylation sites (N-methyl/N-ethyl adjacent to an activating group) is 1. The number of rotatable bonds is 8. The van der Waals surface area contributed by atoms with Crippen molar-refractivity contribution in [1.29, 1.82) is 0 Å². The molecule has 4 heteroatoms. The van der Waals surface area contributed by atoms with Crippen molar-refractivity contribution < 1.29 is 15.0 Å². The Morgan fingerprint density at radius 1 is 1.32 bits per heavy atom. The molecule has 1 rings (SSSR count). The lowest BCUT2D eigenvalue weighted by molar-refractivity contribution is -0.137. The van der Waals surface area contributed by atoms with Gasteiger partial charge in [0.15, 0.2) is 0 Å². The lowest BCUT2D eigenvalue weighted by Gasteiger charge is -2.22. The minimum Gasteiger partial charge on any atom is -0.481 e. The van der Waals surface area contributed by atoms with Crippen LogP contribution in [-0.2, 0) is 11.2 Å². The monoisotopic (exact) mass is 265 g/mol. The normalized spacial score (nSPS) is 12.2. The summed E-state index contributed by atoms with van der Waals surface area (Å²) in [5.41, 5.74) is 2.35. The average Bonchev–Trinajstić information content (AvgIpc) is 2.37. The summed E-state index contributed by atoms with van der Waals surface area (Å²) in [5, 5.41) is 18.3. The summed E-state index contributed by atoms with van der Waals surface area (Å²) in [6.45, 7) is 2.60. The number of nitrogens with zero attached hydrogens (tertiary/aromatic N) is 1. The van der Waals surface area contributed by atoms with Crippen molar-refractivity contribution in [2.75, 3.05) is 18.5 Å². The highest BCUT2D eigenvalue weighted by Gasteiger charge is 2.10. The van der Waals surface area contributed by atoms with E-state index < -0.39 is 12.1 Å². The zero-order valence-electron chi connectivity index (χ0n) is 11.7. The van der Waals surface area contributed by atoms with Crippen LogP contribution in [0.15, 0.2) is 24.3 Å². The second-order valence-electron chi connectivity index (χ2n) is 4.88. The highest BCUT2D eigenvalue weighted by atomic mass is 16.4. The molecule has 0 amide bonds. The van der Waals surface area contributed by atoms with Crippen LogP contribution < -0.4 is 4.90 Å². The molecule has 0 aromatic heterocycles. The summed E-state index contributed by atoms with van der Waals surface area (Å²) in [7, 11) is 1.90. The topological polar surface area (TPSA) is 60.8 Å². The maximum absolute atomic E-state index is 10.4. The number of aliphatic hydroxyl groups excluding tert-OH is 1. The molecule has 0 aliphatic rings. The molecule has 1 atom stereocenters. The molecule has 4 nitrogen and oxygen atoms in total. The van der Waals surface area contributed by atoms with Crippen molar-refractivity contribution in [1.82, 2.24) is 0 Å². The van der Waals surface area contributed by atoms with Crippen LogP contribution in [0.1, 0.15) is 31.7 Å². The third-order valence-electron chi connectivity index (χ3n) is 3.09. The van der Waals surface area contributed by atoms with Crippen LogP contribution in [0.3, 0.4) is 0 Å². The summed E-state index contributed by atoms with van der Waals surface area (Å²) in [6, 6.07) is 8.27. The van der Waals surface area contributed by atoms with Crippen LogP contribution in [0, 0.1) is 0 Å². The number of anilines is 1. The third-order valence-corrected chi connectivity index (χ3v) is 3.09. The molecule has 1 aromatic carbocycles. The summed E-state index contributed by atoms with van der Waals surface area (Å²) in [6.07, 6.45) is 1.88. The van der Waals surface area contributed by atoms with Crippen molar-refractivity contribution in [3.63, 3.8) is 0 Å². The van der Waals surface area contributed by atoms with E-state index in [2.05, 4.69) is 19.1 Å². The van der Waals surface area contributed by atoms with Gasteiger partial charge in [-0.1, -0.05) is 25.5 Å². The number of aliphatic hydroxyl groups is 1. The molecule has 0 radical (unpaired) electrons. The molecular formula is C15H23NO3. The van der Waals surface area contributed by atoms with Crippen LogP contribution >= 0.6 is 0 Å². The lowest BCUT2D eigenvalue weighted by Crippen LogP contribution is -2.29.